The summed E-state index contributed by atoms with van der Waals surface area (Å²) in [6.07, 6.45) is 3.72. The minimum atomic E-state index is -1.63. The van der Waals surface area contributed by atoms with Gasteiger partial charge in [0.2, 0.25) is 0 Å². The predicted octanol–water partition coefficient (Wildman–Crippen LogP) is 5.51. The molecule has 1 amide bonds. The fraction of sp³-hybridized carbons (Fsp3) is 0.308. The molecule has 3 aromatic rings. The van der Waals surface area contributed by atoms with Crippen LogP contribution in [0.4, 0.5) is 4.39 Å². The van der Waals surface area contributed by atoms with Crippen LogP contribution in [0.3, 0.4) is 0 Å². The topological polar surface area (TPSA) is 63.2 Å². The Hall–Kier alpha value is -3.12. The molecule has 1 saturated heterocycles. The van der Waals surface area contributed by atoms with E-state index in [1.54, 1.807) is 36.8 Å². The highest BCUT2D eigenvalue weighted by molar-refractivity contribution is 6.33. The maximum Gasteiger partial charge on any atom is 0.254 e. The lowest BCUT2D eigenvalue weighted by Crippen LogP contribution is -2.45. The number of halogens is 2. The van der Waals surface area contributed by atoms with Crippen molar-refractivity contribution in [3.63, 3.8) is 0 Å². The summed E-state index contributed by atoms with van der Waals surface area (Å²) < 4.78 is 13.8. The zero-order valence-electron chi connectivity index (χ0n) is 18.8. The van der Waals surface area contributed by atoms with Crippen LogP contribution in [0.25, 0.3) is 22.3 Å². The number of aromatic nitrogens is 2. The number of hydrogen-bond acceptors (Lipinski definition) is 4. The summed E-state index contributed by atoms with van der Waals surface area (Å²) in [5, 5.41) is 0.398. The van der Waals surface area contributed by atoms with E-state index in [9.17, 15) is 14.0 Å². The molecule has 1 aliphatic rings. The number of carbonyl (C=O) groups is 2. The molecular weight excluding hydrogens is 441 g/mol. The monoisotopic (exact) mass is 465 g/mol. The largest absolute Gasteiger partial charge is 0.335 e. The van der Waals surface area contributed by atoms with Crippen LogP contribution in [0, 0.1) is 0 Å². The average Bonchev–Trinajstić information content (AvgIpc) is 2.80. The van der Waals surface area contributed by atoms with Crippen molar-refractivity contribution in [2.24, 2.45) is 0 Å². The number of nitrogens with zero attached hydrogens (tertiary/aromatic N) is 3. The molecular formula is C26H25ClFN3O2. The molecule has 0 bridgehead atoms. The molecule has 0 spiro atoms. The summed E-state index contributed by atoms with van der Waals surface area (Å²) in [7, 11) is 0. The Labute approximate surface area is 197 Å². The van der Waals surface area contributed by atoms with Gasteiger partial charge < -0.3 is 4.90 Å². The van der Waals surface area contributed by atoms with Crippen molar-refractivity contribution in [2.75, 3.05) is 13.1 Å². The molecule has 0 N–H and O–H groups in total. The van der Waals surface area contributed by atoms with Gasteiger partial charge in [-0.1, -0.05) is 38.4 Å². The van der Waals surface area contributed by atoms with E-state index in [2.05, 4.69) is 36.8 Å². The summed E-state index contributed by atoms with van der Waals surface area (Å²) >= 11 is 6.55. The number of rotatable bonds is 3. The fourth-order valence-electron chi connectivity index (χ4n) is 3.80. The van der Waals surface area contributed by atoms with Gasteiger partial charge in [0.1, 0.15) is 0 Å². The number of carbonyl (C=O) groups excluding carboxylic acids is 2. The fourth-order valence-corrected chi connectivity index (χ4v) is 4.09. The first-order valence-electron chi connectivity index (χ1n) is 10.8. The van der Waals surface area contributed by atoms with Crippen molar-refractivity contribution < 1.29 is 14.0 Å². The maximum absolute atomic E-state index is 13.8. The minimum absolute atomic E-state index is 0.0309. The zero-order chi connectivity index (χ0) is 23.8. The van der Waals surface area contributed by atoms with Crippen LogP contribution >= 0.6 is 11.6 Å². The molecule has 1 unspecified atom stereocenters. The van der Waals surface area contributed by atoms with Crippen molar-refractivity contribution in [1.82, 2.24) is 14.9 Å². The second-order valence-electron chi connectivity index (χ2n) is 9.27. The van der Waals surface area contributed by atoms with Gasteiger partial charge in [0.25, 0.3) is 5.91 Å². The van der Waals surface area contributed by atoms with E-state index < -0.39 is 12.0 Å². The van der Waals surface area contributed by atoms with Gasteiger partial charge in [0.15, 0.2) is 12.0 Å². The Kier molecular flexibility index (Phi) is 6.30. The molecule has 1 atom stereocenters. The number of ketones is 1. The van der Waals surface area contributed by atoms with Gasteiger partial charge in [0, 0.05) is 69.9 Å². The summed E-state index contributed by atoms with van der Waals surface area (Å²) in [6, 6.07) is 11.0. The molecule has 0 saturated carbocycles. The quantitative estimate of drug-likeness (QED) is 0.511. The Morgan fingerprint density at radius 1 is 1.09 bits per heavy atom. The van der Waals surface area contributed by atoms with Gasteiger partial charge in [-0.05, 0) is 35.9 Å². The third-order valence-electron chi connectivity index (χ3n) is 5.77. The van der Waals surface area contributed by atoms with E-state index in [0.29, 0.717) is 10.6 Å². The lowest BCUT2D eigenvalue weighted by Gasteiger charge is -2.28. The van der Waals surface area contributed by atoms with E-state index in [1.807, 2.05) is 12.1 Å². The predicted molar refractivity (Wildman–Crippen MR) is 127 cm³/mol. The van der Waals surface area contributed by atoms with Gasteiger partial charge in [-0.2, -0.15) is 0 Å². The second-order valence-corrected chi connectivity index (χ2v) is 9.68. The standard InChI is InChI=1S/C26H25ClFN3O2/c1-26(2,3)24-12-16(6-8-30-24)18-10-19(14-29-13-18)20-5-4-17(11-21(20)27)25(33)31-9-7-23(32)22(28)15-31/h4-6,8,10-14,22H,7,9,15H2,1-3H3. The van der Waals surface area contributed by atoms with E-state index >= 15 is 0 Å². The van der Waals surface area contributed by atoms with Crippen LogP contribution in [0.15, 0.2) is 55.0 Å². The number of piperidine rings is 1. The number of pyridine rings is 2. The molecule has 33 heavy (non-hydrogen) atoms. The Balaban J connectivity index is 1.61. The molecule has 3 heterocycles. The molecule has 0 aliphatic carbocycles. The van der Waals surface area contributed by atoms with Crippen LogP contribution in [-0.2, 0) is 10.2 Å². The average molecular weight is 466 g/mol. The highest BCUT2D eigenvalue weighted by atomic mass is 35.5. The number of hydrogen-bond donors (Lipinski definition) is 0. The van der Waals surface area contributed by atoms with Gasteiger partial charge in [-0.15, -0.1) is 0 Å². The number of amides is 1. The van der Waals surface area contributed by atoms with Crippen molar-refractivity contribution in [1.29, 1.82) is 0 Å². The van der Waals surface area contributed by atoms with Gasteiger partial charge in [0.05, 0.1) is 6.54 Å². The van der Waals surface area contributed by atoms with Crippen LogP contribution < -0.4 is 0 Å². The zero-order valence-corrected chi connectivity index (χ0v) is 19.6. The number of alkyl halides is 1. The van der Waals surface area contributed by atoms with E-state index in [-0.39, 0.29) is 30.8 Å². The molecule has 1 aliphatic heterocycles. The normalized spacial score (nSPS) is 16.7. The minimum Gasteiger partial charge on any atom is -0.335 e. The van der Waals surface area contributed by atoms with Crippen LogP contribution in [-0.4, -0.2) is 45.8 Å². The molecule has 0 radical (unpaired) electrons. The third-order valence-corrected chi connectivity index (χ3v) is 6.09. The first kappa shape index (κ1) is 23.1. The molecule has 1 fully saturated rings. The SMILES string of the molecule is CC(C)(C)c1cc(-c2cncc(-c3ccc(C(=O)N4CCC(=O)C(F)C4)cc3Cl)c2)ccn1. The summed E-state index contributed by atoms with van der Waals surface area (Å²) in [5.41, 5.74) is 4.77. The lowest BCUT2D eigenvalue weighted by atomic mass is 9.90. The molecule has 4 rings (SSSR count). The third kappa shape index (κ3) is 4.96. The van der Waals surface area contributed by atoms with Gasteiger partial charge >= 0.3 is 0 Å². The first-order valence-corrected chi connectivity index (χ1v) is 11.2. The van der Waals surface area contributed by atoms with E-state index in [4.69, 9.17) is 11.6 Å². The van der Waals surface area contributed by atoms with Crippen molar-refractivity contribution in [2.45, 2.75) is 38.8 Å². The van der Waals surface area contributed by atoms with E-state index in [1.165, 1.54) is 4.90 Å². The molecule has 5 nitrogen and oxygen atoms in total. The lowest BCUT2D eigenvalue weighted by molar-refractivity contribution is -0.126. The molecule has 2 aromatic heterocycles. The number of likely N-dealkylation sites (tertiary alicyclic amines) is 1. The summed E-state index contributed by atoms with van der Waals surface area (Å²) in [5.74, 6) is -0.791. The summed E-state index contributed by atoms with van der Waals surface area (Å²) in [6.45, 7) is 6.35. The smallest absolute Gasteiger partial charge is 0.254 e. The van der Waals surface area contributed by atoms with Crippen LogP contribution in [0.2, 0.25) is 5.02 Å². The van der Waals surface area contributed by atoms with Crippen LogP contribution in [0.1, 0.15) is 43.2 Å². The van der Waals surface area contributed by atoms with Crippen molar-refractivity contribution >= 4 is 23.3 Å². The van der Waals surface area contributed by atoms with Crippen molar-refractivity contribution in [3.8, 4) is 22.3 Å². The molecule has 7 heteroatoms. The molecule has 170 valence electrons. The Morgan fingerprint density at radius 3 is 2.55 bits per heavy atom. The molecule has 1 aromatic carbocycles. The Morgan fingerprint density at radius 2 is 1.85 bits per heavy atom. The second kappa shape index (κ2) is 9.02. The Bertz CT molecular complexity index is 1220. The number of benzene rings is 1. The maximum atomic E-state index is 13.8. The highest BCUT2D eigenvalue weighted by Gasteiger charge is 2.30. The van der Waals surface area contributed by atoms with Crippen LogP contribution in [0.5, 0.6) is 0 Å². The summed E-state index contributed by atoms with van der Waals surface area (Å²) in [4.78, 5) is 34.4. The van der Waals surface area contributed by atoms with Gasteiger partial charge in [-0.25, -0.2) is 4.39 Å². The number of Topliss-reactive ketones (excluding diaryl/α,β-unsaturated/α-hetero) is 1. The van der Waals surface area contributed by atoms with E-state index in [0.717, 1.165) is 27.9 Å². The first-order chi connectivity index (χ1) is 15.6. The van der Waals surface area contributed by atoms with Gasteiger partial charge in [-0.3, -0.25) is 19.6 Å². The highest BCUT2D eigenvalue weighted by Crippen LogP contribution is 2.32. The van der Waals surface area contributed by atoms with Crippen molar-refractivity contribution in [3.05, 3.63) is 71.3 Å².